The first-order chi connectivity index (χ1) is 13.2. The van der Waals surface area contributed by atoms with Gasteiger partial charge >= 0.3 is 0 Å². The summed E-state index contributed by atoms with van der Waals surface area (Å²) in [4.78, 5) is 4.05. The molecule has 0 aliphatic carbocycles. The molecule has 0 radical (unpaired) electrons. The van der Waals surface area contributed by atoms with E-state index in [0.717, 1.165) is 33.6 Å². The van der Waals surface area contributed by atoms with Crippen molar-refractivity contribution in [2.45, 2.75) is 26.6 Å². The third kappa shape index (κ3) is 5.31. The summed E-state index contributed by atoms with van der Waals surface area (Å²) in [7, 11) is 1.66. The Balaban J connectivity index is 1.75. The third-order valence-corrected chi connectivity index (χ3v) is 4.98. The lowest BCUT2D eigenvalue weighted by molar-refractivity contribution is 0.280. The van der Waals surface area contributed by atoms with Crippen molar-refractivity contribution in [3.05, 3.63) is 87.7 Å². The molecule has 0 saturated carbocycles. The van der Waals surface area contributed by atoms with Gasteiger partial charge in [0.05, 0.1) is 7.11 Å². The van der Waals surface area contributed by atoms with Gasteiger partial charge in [-0.05, 0) is 42.3 Å². The summed E-state index contributed by atoms with van der Waals surface area (Å²) < 4.78 is 12.7. The van der Waals surface area contributed by atoms with E-state index in [4.69, 9.17) is 9.47 Å². The van der Waals surface area contributed by atoms with Crippen LogP contribution in [0.3, 0.4) is 0 Å². The number of nitrogens with zero attached hydrogens (tertiary/aromatic N) is 1. The Morgan fingerprint density at radius 1 is 1.00 bits per heavy atom. The van der Waals surface area contributed by atoms with Crippen LogP contribution in [0.15, 0.2) is 65.4 Å². The Bertz CT molecular complexity index is 885. The maximum absolute atomic E-state index is 6.18. The van der Waals surface area contributed by atoms with Gasteiger partial charge in [0.25, 0.3) is 0 Å². The van der Waals surface area contributed by atoms with E-state index in [1.165, 1.54) is 11.1 Å². The van der Waals surface area contributed by atoms with Crippen molar-refractivity contribution < 1.29 is 9.47 Å². The number of hydrogen-bond donors (Lipinski definition) is 1. The fourth-order valence-corrected chi connectivity index (χ4v) is 3.31. The monoisotopic (exact) mass is 426 g/mol. The van der Waals surface area contributed by atoms with E-state index in [1.807, 2.05) is 30.3 Å². The number of aromatic nitrogens is 1. The number of halogens is 1. The summed E-state index contributed by atoms with van der Waals surface area (Å²) in [5, 5.41) is 3.46. The lowest BCUT2D eigenvalue weighted by Crippen LogP contribution is -2.14. The number of benzene rings is 2. The number of nitrogens with one attached hydrogen (secondary N) is 1. The minimum Gasteiger partial charge on any atom is -0.493 e. The molecule has 0 atom stereocenters. The highest BCUT2D eigenvalue weighted by molar-refractivity contribution is 9.10. The second-order valence-electron chi connectivity index (χ2n) is 6.29. The molecule has 0 unspecified atom stereocenters. The molecule has 3 aromatic rings. The number of methoxy groups -OCH3 is 1. The van der Waals surface area contributed by atoms with Crippen LogP contribution < -0.4 is 14.8 Å². The van der Waals surface area contributed by atoms with Gasteiger partial charge in [0, 0.05) is 35.5 Å². The van der Waals surface area contributed by atoms with Crippen LogP contribution in [0.5, 0.6) is 11.5 Å². The fraction of sp³-hybridized carbons (Fsp3) is 0.227. The number of ether oxygens (including phenoxy) is 2. The fourth-order valence-electron chi connectivity index (χ4n) is 2.86. The number of aryl methyl sites for hydroxylation is 1. The number of rotatable bonds is 8. The second kappa shape index (κ2) is 9.53. The highest BCUT2D eigenvalue weighted by Crippen LogP contribution is 2.36. The summed E-state index contributed by atoms with van der Waals surface area (Å²) in [5.41, 5.74) is 4.58. The van der Waals surface area contributed by atoms with Crippen molar-refractivity contribution in [1.82, 2.24) is 10.3 Å². The van der Waals surface area contributed by atoms with Crippen LogP contribution in [-0.4, -0.2) is 12.1 Å². The molecule has 1 aromatic heterocycles. The van der Waals surface area contributed by atoms with Gasteiger partial charge in [-0.1, -0.05) is 45.8 Å². The smallest absolute Gasteiger partial charge is 0.167 e. The van der Waals surface area contributed by atoms with Crippen molar-refractivity contribution in [3.63, 3.8) is 0 Å². The Morgan fingerprint density at radius 3 is 2.56 bits per heavy atom. The van der Waals surface area contributed by atoms with E-state index < -0.39 is 0 Å². The van der Waals surface area contributed by atoms with E-state index >= 15 is 0 Å². The van der Waals surface area contributed by atoms with Gasteiger partial charge in [0.15, 0.2) is 11.5 Å². The Hall–Kier alpha value is -2.37. The summed E-state index contributed by atoms with van der Waals surface area (Å²) in [6.45, 7) is 3.98. The summed E-state index contributed by atoms with van der Waals surface area (Å²) in [5.74, 6) is 1.49. The van der Waals surface area contributed by atoms with Crippen molar-refractivity contribution >= 4 is 15.9 Å². The first-order valence-corrected chi connectivity index (χ1v) is 9.60. The molecule has 0 aliphatic rings. The van der Waals surface area contributed by atoms with Crippen molar-refractivity contribution in [1.29, 1.82) is 0 Å². The largest absolute Gasteiger partial charge is 0.493 e. The van der Waals surface area contributed by atoms with Crippen LogP contribution in [0.25, 0.3) is 0 Å². The van der Waals surface area contributed by atoms with Crippen LogP contribution in [0.2, 0.25) is 0 Å². The SMILES string of the molecule is COc1ccc(Br)c(CNCc2ccncc2)c1OCc1cccc(C)c1. The average Bonchev–Trinajstić information content (AvgIpc) is 2.69. The molecule has 2 aromatic carbocycles. The Labute approximate surface area is 168 Å². The summed E-state index contributed by atoms with van der Waals surface area (Å²) >= 11 is 3.65. The second-order valence-corrected chi connectivity index (χ2v) is 7.15. The zero-order chi connectivity index (χ0) is 19.1. The number of pyridine rings is 1. The molecule has 0 aliphatic heterocycles. The van der Waals surface area contributed by atoms with Gasteiger partial charge in [-0.3, -0.25) is 4.98 Å². The molecule has 1 heterocycles. The van der Waals surface area contributed by atoms with E-state index in [2.05, 4.69) is 51.4 Å². The van der Waals surface area contributed by atoms with Gasteiger partial charge in [-0.25, -0.2) is 0 Å². The molecule has 0 bridgehead atoms. The zero-order valence-electron chi connectivity index (χ0n) is 15.5. The summed E-state index contributed by atoms with van der Waals surface area (Å²) in [6, 6.07) is 16.2. The molecular weight excluding hydrogens is 404 g/mol. The zero-order valence-corrected chi connectivity index (χ0v) is 17.1. The van der Waals surface area contributed by atoms with Crippen LogP contribution in [0.1, 0.15) is 22.3 Å². The highest BCUT2D eigenvalue weighted by atomic mass is 79.9. The lowest BCUT2D eigenvalue weighted by Gasteiger charge is -2.17. The van der Waals surface area contributed by atoms with Crippen LogP contribution >= 0.6 is 15.9 Å². The van der Waals surface area contributed by atoms with E-state index in [0.29, 0.717) is 13.2 Å². The van der Waals surface area contributed by atoms with Crippen molar-refractivity contribution in [2.24, 2.45) is 0 Å². The van der Waals surface area contributed by atoms with Gasteiger partial charge in [0.2, 0.25) is 0 Å². The standard InChI is InChI=1S/C22H23BrN2O2/c1-16-4-3-5-18(12-16)15-27-22-19(20(23)6-7-21(22)26-2)14-25-13-17-8-10-24-11-9-17/h3-12,25H,13-15H2,1-2H3. The first kappa shape index (κ1) is 19.4. The molecular formula is C22H23BrN2O2. The topological polar surface area (TPSA) is 43.4 Å². The van der Waals surface area contributed by atoms with Crippen LogP contribution in [-0.2, 0) is 19.7 Å². The first-order valence-electron chi connectivity index (χ1n) is 8.80. The molecule has 0 saturated heterocycles. The van der Waals surface area contributed by atoms with Crippen molar-refractivity contribution in [2.75, 3.05) is 7.11 Å². The molecule has 27 heavy (non-hydrogen) atoms. The lowest BCUT2D eigenvalue weighted by atomic mass is 10.1. The quantitative estimate of drug-likeness (QED) is 0.548. The van der Waals surface area contributed by atoms with E-state index in [1.54, 1.807) is 19.5 Å². The van der Waals surface area contributed by atoms with Crippen LogP contribution in [0, 0.1) is 6.92 Å². The van der Waals surface area contributed by atoms with E-state index in [9.17, 15) is 0 Å². The molecule has 5 heteroatoms. The van der Waals surface area contributed by atoms with Crippen LogP contribution in [0.4, 0.5) is 0 Å². The Kier molecular flexibility index (Phi) is 6.85. The molecule has 1 N–H and O–H groups in total. The predicted octanol–water partition coefficient (Wildman–Crippen LogP) is 5.03. The highest BCUT2D eigenvalue weighted by Gasteiger charge is 2.15. The van der Waals surface area contributed by atoms with Gasteiger partial charge in [-0.15, -0.1) is 0 Å². The molecule has 0 amide bonds. The minimum atomic E-state index is 0.492. The van der Waals surface area contributed by atoms with E-state index in [-0.39, 0.29) is 0 Å². The van der Waals surface area contributed by atoms with Gasteiger partial charge in [0.1, 0.15) is 6.61 Å². The molecule has 0 fully saturated rings. The van der Waals surface area contributed by atoms with Gasteiger partial charge < -0.3 is 14.8 Å². The molecule has 0 spiro atoms. The van der Waals surface area contributed by atoms with Gasteiger partial charge in [-0.2, -0.15) is 0 Å². The molecule has 4 nitrogen and oxygen atoms in total. The maximum atomic E-state index is 6.18. The normalized spacial score (nSPS) is 10.6. The van der Waals surface area contributed by atoms with Crippen molar-refractivity contribution in [3.8, 4) is 11.5 Å². The number of hydrogen-bond acceptors (Lipinski definition) is 4. The predicted molar refractivity (Wildman–Crippen MR) is 111 cm³/mol. The Morgan fingerprint density at radius 2 is 1.81 bits per heavy atom. The summed E-state index contributed by atoms with van der Waals surface area (Å²) in [6.07, 6.45) is 3.60. The molecule has 140 valence electrons. The average molecular weight is 427 g/mol. The minimum absolute atomic E-state index is 0.492. The third-order valence-electron chi connectivity index (χ3n) is 4.23. The molecule has 3 rings (SSSR count). The maximum Gasteiger partial charge on any atom is 0.167 e.